The van der Waals surface area contributed by atoms with Crippen molar-refractivity contribution in [3.05, 3.63) is 94.2 Å². The van der Waals surface area contributed by atoms with Gasteiger partial charge in [0.05, 0.1) is 12.2 Å². The number of hydrogen-bond acceptors (Lipinski definition) is 6. The fraction of sp³-hybridized carbons (Fsp3) is 0.0870. The van der Waals surface area contributed by atoms with Gasteiger partial charge in [0.2, 0.25) is 0 Å². The highest BCUT2D eigenvalue weighted by molar-refractivity contribution is 7.14. The van der Waals surface area contributed by atoms with Crippen LogP contribution in [0, 0.1) is 0 Å². The van der Waals surface area contributed by atoms with Crippen molar-refractivity contribution in [3.63, 3.8) is 0 Å². The average Bonchev–Trinajstić information content (AvgIpc) is 3.23. The number of carbonyl (C=O) groups excluding carboxylic acids is 1. The summed E-state index contributed by atoms with van der Waals surface area (Å²) in [5.41, 5.74) is 3.18. The number of benzene rings is 2. The first kappa shape index (κ1) is 19.5. The highest BCUT2D eigenvalue weighted by atomic mass is 35.5. The van der Waals surface area contributed by atoms with Crippen LogP contribution >= 0.6 is 22.9 Å². The molecule has 8 heteroatoms. The number of rotatable bonds is 4. The molecule has 0 radical (unpaired) electrons. The first-order valence-corrected chi connectivity index (χ1v) is 10.9. The zero-order valence-corrected chi connectivity index (χ0v) is 17.9. The molecule has 154 valence electrons. The van der Waals surface area contributed by atoms with E-state index in [1.807, 2.05) is 53.4 Å². The number of halogens is 1. The summed E-state index contributed by atoms with van der Waals surface area (Å²) in [6.07, 6.45) is 3.40. The lowest BCUT2D eigenvalue weighted by atomic mass is 10.2. The Morgan fingerprint density at radius 2 is 1.97 bits per heavy atom. The number of fused-ring (bicyclic) bond motifs is 2. The Bertz CT molecular complexity index is 1250. The van der Waals surface area contributed by atoms with Gasteiger partial charge in [-0.15, -0.1) is 11.3 Å². The molecular formula is C23H17ClN4O2S. The Morgan fingerprint density at radius 1 is 1.13 bits per heavy atom. The Labute approximate surface area is 188 Å². The molecule has 2 aromatic carbocycles. The molecular weight excluding hydrogens is 432 g/mol. The van der Waals surface area contributed by atoms with Gasteiger partial charge in [0, 0.05) is 34.9 Å². The number of nitrogens with one attached hydrogen (secondary N) is 1. The SMILES string of the molecule is O=C(NCc1ccncc1)c1csc(N2Cc3ccccc3Oc3ccc(Cl)cc32)n1. The van der Waals surface area contributed by atoms with Crippen LogP contribution in [0.2, 0.25) is 5.02 Å². The molecule has 1 N–H and O–H groups in total. The summed E-state index contributed by atoms with van der Waals surface area (Å²) in [5.74, 6) is 1.26. The van der Waals surface area contributed by atoms with Crippen molar-refractivity contribution in [1.29, 1.82) is 0 Å². The quantitative estimate of drug-likeness (QED) is 0.442. The molecule has 1 amide bonds. The van der Waals surface area contributed by atoms with E-state index in [0.717, 1.165) is 22.6 Å². The Balaban J connectivity index is 1.44. The van der Waals surface area contributed by atoms with E-state index in [2.05, 4.69) is 15.3 Å². The molecule has 1 aliphatic rings. The molecule has 5 rings (SSSR count). The Morgan fingerprint density at radius 3 is 2.84 bits per heavy atom. The maximum Gasteiger partial charge on any atom is 0.271 e. The van der Waals surface area contributed by atoms with Gasteiger partial charge in [0.15, 0.2) is 10.9 Å². The summed E-state index contributed by atoms with van der Waals surface area (Å²) >= 11 is 7.69. The van der Waals surface area contributed by atoms with Crippen molar-refractivity contribution in [3.8, 4) is 11.5 Å². The Hall–Kier alpha value is -3.42. The predicted molar refractivity (Wildman–Crippen MR) is 121 cm³/mol. The molecule has 0 aliphatic carbocycles. The molecule has 0 saturated carbocycles. The highest BCUT2D eigenvalue weighted by Crippen LogP contribution is 2.44. The molecule has 4 aromatic rings. The van der Waals surface area contributed by atoms with E-state index < -0.39 is 0 Å². The minimum absolute atomic E-state index is 0.225. The number of pyridine rings is 1. The minimum atomic E-state index is -0.225. The van der Waals surface area contributed by atoms with Crippen molar-refractivity contribution < 1.29 is 9.53 Å². The molecule has 0 atom stereocenters. The van der Waals surface area contributed by atoms with Gasteiger partial charge in [-0.2, -0.15) is 0 Å². The predicted octanol–water partition coefficient (Wildman–Crippen LogP) is 5.57. The van der Waals surface area contributed by atoms with Gasteiger partial charge in [-0.1, -0.05) is 29.8 Å². The standard InChI is InChI=1S/C23H17ClN4O2S/c24-17-5-6-21-19(11-17)28(13-16-3-1-2-4-20(16)30-21)23-27-18(14-31-23)22(29)26-12-15-7-9-25-10-8-15/h1-11,14H,12-13H2,(H,26,29). The number of amides is 1. The second kappa shape index (κ2) is 8.37. The van der Waals surface area contributed by atoms with Gasteiger partial charge >= 0.3 is 0 Å². The minimum Gasteiger partial charge on any atom is -0.455 e. The number of ether oxygens (including phenoxy) is 1. The fourth-order valence-electron chi connectivity index (χ4n) is 3.33. The topological polar surface area (TPSA) is 67.4 Å². The van der Waals surface area contributed by atoms with Crippen LogP contribution in [0.1, 0.15) is 21.6 Å². The van der Waals surface area contributed by atoms with Crippen molar-refractivity contribution in [1.82, 2.24) is 15.3 Å². The molecule has 1 aliphatic heterocycles. The van der Waals surface area contributed by atoms with Crippen LogP contribution in [0.4, 0.5) is 10.8 Å². The Kier molecular flexibility index (Phi) is 5.28. The van der Waals surface area contributed by atoms with Gasteiger partial charge in [0.1, 0.15) is 11.4 Å². The molecule has 0 unspecified atom stereocenters. The van der Waals surface area contributed by atoms with E-state index in [1.54, 1.807) is 23.8 Å². The number of nitrogens with zero attached hydrogens (tertiary/aromatic N) is 3. The molecule has 2 aromatic heterocycles. The van der Waals surface area contributed by atoms with Crippen LogP contribution in [-0.2, 0) is 13.1 Å². The molecule has 6 nitrogen and oxygen atoms in total. The summed E-state index contributed by atoms with van der Waals surface area (Å²) in [6.45, 7) is 0.965. The van der Waals surface area contributed by atoms with E-state index in [4.69, 9.17) is 16.3 Å². The molecule has 3 heterocycles. The largest absolute Gasteiger partial charge is 0.455 e. The van der Waals surface area contributed by atoms with Crippen molar-refractivity contribution in [2.75, 3.05) is 4.90 Å². The third-order valence-electron chi connectivity index (χ3n) is 4.89. The number of aromatic nitrogens is 2. The van der Waals surface area contributed by atoms with Crippen LogP contribution < -0.4 is 15.0 Å². The summed E-state index contributed by atoms with van der Waals surface area (Å²) < 4.78 is 6.14. The van der Waals surface area contributed by atoms with Gasteiger partial charge in [-0.3, -0.25) is 9.78 Å². The first-order valence-electron chi connectivity index (χ1n) is 9.63. The average molecular weight is 449 g/mol. The van der Waals surface area contributed by atoms with E-state index in [-0.39, 0.29) is 5.91 Å². The van der Waals surface area contributed by atoms with Crippen molar-refractivity contribution in [2.24, 2.45) is 0 Å². The number of carbonyl (C=O) groups is 1. The summed E-state index contributed by atoms with van der Waals surface area (Å²) in [5, 5.41) is 5.96. The zero-order valence-electron chi connectivity index (χ0n) is 16.3. The summed E-state index contributed by atoms with van der Waals surface area (Å²) in [7, 11) is 0. The molecule has 0 fully saturated rings. The van der Waals surface area contributed by atoms with Crippen LogP contribution in [0.5, 0.6) is 11.5 Å². The maximum atomic E-state index is 12.6. The van der Waals surface area contributed by atoms with E-state index in [1.165, 1.54) is 11.3 Å². The van der Waals surface area contributed by atoms with Crippen LogP contribution in [-0.4, -0.2) is 15.9 Å². The third-order valence-corrected chi connectivity index (χ3v) is 5.99. The molecule has 0 spiro atoms. The lowest BCUT2D eigenvalue weighted by molar-refractivity contribution is 0.0946. The van der Waals surface area contributed by atoms with Gasteiger partial charge < -0.3 is 15.0 Å². The van der Waals surface area contributed by atoms with Gasteiger partial charge in [-0.25, -0.2) is 4.98 Å². The number of para-hydroxylation sites is 1. The van der Waals surface area contributed by atoms with Crippen molar-refractivity contribution >= 4 is 39.7 Å². The molecule has 0 saturated heterocycles. The van der Waals surface area contributed by atoms with E-state index in [9.17, 15) is 4.79 Å². The van der Waals surface area contributed by atoms with Crippen LogP contribution in [0.15, 0.2) is 72.4 Å². The summed E-state index contributed by atoms with van der Waals surface area (Å²) in [4.78, 5) is 23.3. The lowest BCUT2D eigenvalue weighted by Gasteiger charge is -2.21. The molecule has 31 heavy (non-hydrogen) atoms. The smallest absolute Gasteiger partial charge is 0.271 e. The van der Waals surface area contributed by atoms with E-state index in [0.29, 0.717) is 34.7 Å². The second-order valence-corrected chi connectivity index (χ2v) is 8.23. The number of anilines is 2. The number of hydrogen-bond donors (Lipinski definition) is 1. The molecule has 0 bridgehead atoms. The fourth-order valence-corrected chi connectivity index (χ4v) is 4.32. The van der Waals surface area contributed by atoms with Crippen LogP contribution in [0.25, 0.3) is 0 Å². The maximum absolute atomic E-state index is 12.6. The van der Waals surface area contributed by atoms with Crippen molar-refractivity contribution in [2.45, 2.75) is 13.1 Å². The monoisotopic (exact) mass is 448 g/mol. The highest BCUT2D eigenvalue weighted by Gasteiger charge is 2.25. The van der Waals surface area contributed by atoms with Crippen LogP contribution in [0.3, 0.4) is 0 Å². The third kappa shape index (κ3) is 4.10. The first-order chi connectivity index (χ1) is 15.2. The number of thiazole rings is 1. The van der Waals surface area contributed by atoms with Gasteiger partial charge in [-0.05, 0) is 42.0 Å². The van der Waals surface area contributed by atoms with E-state index >= 15 is 0 Å². The zero-order chi connectivity index (χ0) is 21.2. The second-order valence-electron chi connectivity index (χ2n) is 6.96. The van der Waals surface area contributed by atoms with Gasteiger partial charge in [0.25, 0.3) is 5.91 Å². The lowest BCUT2D eigenvalue weighted by Crippen LogP contribution is -2.23. The normalized spacial score (nSPS) is 12.4. The summed E-state index contributed by atoms with van der Waals surface area (Å²) in [6, 6.07) is 17.1.